The van der Waals surface area contributed by atoms with Crippen molar-refractivity contribution in [3.63, 3.8) is 0 Å². The summed E-state index contributed by atoms with van der Waals surface area (Å²) >= 11 is 0. The van der Waals surface area contributed by atoms with Crippen LogP contribution in [0, 0.1) is 0 Å². The van der Waals surface area contributed by atoms with Crippen LogP contribution in [-0.4, -0.2) is 63.1 Å². The second-order valence-corrected chi connectivity index (χ2v) is 5.57. The van der Waals surface area contributed by atoms with E-state index in [1.165, 1.54) is 49.9 Å². The molecule has 0 radical (unpaired) electrons. The van der Waals surface area contributed by atoms with Gasteiger partial charge in [-0.15, -0.1) is 0 Å². The van der Waals surface area contributed by atoms with Gasteiger partial charge >= 0.3 is 0 Å². The highest BCUT2D eigenvalue weighted by atomic mass is 16.5. The van der Waals surface area contributed by atoms with Gasteiger partial charge in [0.15, 0.2) is 0 Å². The third-order valence-corrected chi connectivity index (χ3v) is 3.98. The van der Waals surface area contributed by atoms with Gasteiger partial charge in [-0.2, -0.15) is 0 Å². The quantitative estimate of drug-likeness (QED) is 0.347. The molecule has 0 aromatic heterocycles. The molecule has 0 spiro atoms. The topological polar surface area (TPSA) is 58.6 Å². The number of carboxylic acids is 1. The minimum atomic E-state index is -1.08. The summed E-state index contributed by atoms with van der Waals surface area (Å²) in [5, 5.41) is 9.87. The summed E-state index contributed by atoms with van der Waals surface area (Å²) in [7, 11) is 0. The van der Waals surface area contributed by atoms with E-state index in [-0.39, 0.29) is 13.0 Å². The smallest absolute Gasteiger partial charge is 0.0971 e. The van der Waals surface area contributed by atoms with Gasteiger partial charge < -0.3 is 23.9 Å². The molecule has 1 aliphatic heterocycles. The van der Waals surface area contributed by atoms with Crippen LogP contribution >= 0.6 is 0 Å². The Morgan fingerprint density at radius 1 is 1.14 bits per heavy atom. The van der Waals surface area contributed by atoms with Gasteiger partial charge in [-0.05, 0) is 39.2 Å². The predicted molar refractivity (Wildman–Crippen MR) is 86.4 cm³/mol. The Bertz CT molecular complexity index is 288. The second kappa shape index (κ2) is 13.7. The van der Waals surface area contributed by atoms with Crippen molar-refractivity contribution >= 4 is 5.97 Å². The van der Waals surface area contributed by atoms with E-state index < -0.39 is 5.97 Å². The molecule has 0 N–H and O–H groups in total. The molecule has 5 heteroatoms. The van der Waals surface area contributed by atoms with E-state index in [2.05, 4.69) is 19.6 Å². The number of nitrogens with zero attached hydrogens (tertiary/aromatic N) is 1. The van der Waals surface area contributed by atoms with E-state index in [1.54, 1.807) is 0 Å². The Labute approximate surface area is 135 Å². The number of likely N-dealkylation sites (N-methyl/N-ethyl adjacent to an activating group) is 1. The van der Waals surface area contributed by atoms with Gasteiger partial charge in [0.25, 0.3) is 0 Å². The number of likely N-dealkylation sites (tertiary alicyclic amines) is 1. The van der Waals surface area contributed by atoms with Crippen LogP contribution in [0.15, 0.2) is 12.7 Å². The fraction of sp³-hybridized carbons (Fsp3) is 0.824. The zero-order valence-corrected chi connectivity index (χ0v) is 14.3. The van der Waals surface area contributed by atoms with E-state index in [0.29, 0.717) is 19.8 Å². The molecule has 0 unspecified atom stereocenters. The number of piperidine rings is 1. The second-order valence-electron chi connectivity index (χ2n) is 5.57. The Balaban J connectivity index is 0.000000401. The standard InChI is InChI=1S/C10H20N.C7H14O4/c1-3-8-11(4-2)9-6-5-7-10-11;1-2-10-5-6-11-4-3-7(8)9/h3H,1,4-10H2,2H3;2-6H2,1H3,(H,8,9)/q+1;/p-1. The number of aliphatic carboxylic acids is 1. The van der Waals surface area contributed by atoms with Crippen LogP contribution in [0.25, 0.3) is 0 Å². The molecule has 0 aromatic rings. The molecule has 0 saturated carbocycles. The van der Waals surface area contributed by atoms with Crippen LogP contribution in [-0.2, 0) is 14.3 Å². The summed E-state index contributed by atoms with van der Waals surface area (Å²) in [6, 6.07) is 0. The lowest BCUT2D eigenvalue weighted by molar-refractivity contribution is -0.925. The molecule has 1 rings (SSSR count). The van der Waals surface area contributed by atoms with Crippen molar-refractivity contribution in [1.82, 2.24) is 0 Å². The number of hydrogen-bond donors (Lipinski definition) is 0. The van der Waals surface area contributed by atoms with Crippen molar-refractivity contribution in [2.24, 2.45) is 0 Å². The van der Waals surface area contributed by atoms with E-state index in [9.17, 15) is 9.90 Å². The van der Waals surface area contributed by atoms with Gasteiger partial charge in [0.2, 0.25) is 0 Å². The van der Waals surface area contributed by atoms with Crippen molar-refractivity contribution in [3.8, 4) is 0 Å². The zero-order chi connectivity index (χ0) is 16.7. The third kappa shape index (κ3) is 10.8. The molecule has 0 aromatic carbocycles. The fourth-order valence-corrected chi connectivity index (χ4v) is 2.60. The van der Waals surface area contributed by atoms with Gasteiger partial charge in [-0.1, -0.05) is 6.58 Å². The number of carbonyl (C=O) groups is 1. The number of ether oxygens (including phenoxy) is 2. The van der Waals surface area contributed by atoms with Crippen LogP contribution < -0.4 is 5.11 Å². The highest BCUT2D eigenvalue weighted by Gasteiger charge is 2.25. The Morgan fingerprint density at radius 3 is 2.27 bits per heavy atom. The minimum Gasteiger partial charge on any atom is -0.550 e. The van der Waals surface area contributed by atoms with Gasteiger partial charge in [0.05, 0.1) is 46.0 Å². The largest absolute Gasteiger partial charge is 0.550 e. The number of carboxylic acid groups (broad SMARTS) is 1. The van der Waals surface area contributed by atoms with E-state index >= 15 is 0 Å². The summed E-state index contributed by atoms with van der Waals surface area (Å²) in [6.45, 7) is 15.1. The third-order valence-electron chi connectivity index (χ3n) is 3.98. The van der Waals surface area contributed by atoms with Crippen LogP contribution in [0.3, 0.4) is 0 Å². The van der Waals surface area contributed by atoms with Gasteiger partial charge in [-0.3, -0.25) is 0 Å². The van der Waals surface area contributed by atoms with Crippen LogP contribution in [0.2, 0.25) is 0 Å². The molecule has 0 aliphatic carbocycles. The molecule has 1 saturated heterocycles. The Hall–Kier alpha value is -0.910. The average molecular weight is 315 g/mol. The summed E-state index contributed by atoms with van der Waals surface area (Å²) in [5.74, 6) is -1.08. The highest BCUT2D eigenvalue weighted by Crippen LogP contribution is 2.17. The minimum absolute atomic E-state index is 0.0495. The lowest BCUT2D eigenvalue weighted by Gasteiger charge is -2.39. The van der Waals surface area contributed by atoms with Crippen LogP contribution in [0.5, 0.6) is 0 Å². The Morgan fingerprint density at radius 2 is 1.77 bits per heavy atom. The normalized spacial score (nSPS) is 16.5. The van der Waals surface area contributed by atoms with Crippen molar-refractivity contribution < 1.29 is 23.9 Å². The molecule has 1 heterocycles. The molecular weight excluding hydrogens is 282 g/mol. The van der Waals surface area contributed by atoms with Crippen molar-refractivity contribution in [1.29, 1.82) is 0 Å². The molecule has 130 valence electrons. The number of carbonyl (C=O) groups excluding carboxylic acids is 1. The molecule has 0 bridgehead atoms. The zero-order valence-electron chi connectivity index (χ0n) is 14.3. The molecule has 5 nitrogen and oxygen atoms in total. The van der Waals surface area contributed by atoms with E-state index in [1.807, 2.05) is 6.92 Å². The fourth-order valence-electron chi connectivity index (χ4n) is 2.60. The summed E-state index contributed by atoms with van der Waals surface area (Å²) in [4.78, 5) is 9.87. The lowest BCUT2D eigenvalue weighted by atomic mass is 10.1. The number of rotatable bonds is 10. The monoisotopic (exact) mass is 315 g/mol. The maximum absolute atomic E-state index is 9.87. The lowest BCUT2D eigenvalue weighted by Crippen LogP contribution is -2.51. The van der Waals surface area contributed by atoms with Gasteiger partial charge in [0.1, 0.15) is 0 Å². The highest BCUT2D eigenvalue weighted by molar-refractivity contribution is 5.64. The van der Waals surface area contributed by atoms with Gasteiger partial charge in [0, 0.05) is 19.0 Å². The molecule has 0 atom stereocenters. The molecule has 0 amide bonds. The SMILES string of the molecule is C=CC[N+]1(CC)CCCCC1.CCOCCOCCC(=O)[O-]. The first kappa shape index (κ1) is 21.1. The van der Waals surface area contributed by atoms with Crippen molar-refractivity contribution in [2.75, 3.05) is 52.6 Å². The average Bonchev–Trinajstić information content (AvgIpc) is 2.52. The molecule has 1 aliphatic rings. The summed E-state index contributed by atoms with van der Waals surface area (Å²) in [6.07, 6.45) is 6.31. The number of quaternary nitrogens is 1. The van der Waals surface area contributed by atoms with Crippen molar-refractivity contribution in [2.45, 2.75) is 39.5 Å². The van der Waals surface area contributed by atoms with Crippen LogP contribution in [0.1, 0.15) is 39.5 Å². The van der Waals surface area contributed by atoms with E-state index in [0.717, 1.165) is 0 Å². The van der Waals surface area contributed by atoms with Gasteiger partial charge in [-0.25, -0.2) is 0 Å². The van der Waals surface area contributed by atoms with Crippen LogP contribution in [0.4, 0.5) is 0 Å². The summed E-state index contributed by atoms with van der Waals surface area (Å²) in [5.41, 5.74) is 0. The van der Waals surface area contributed by atoms with Crippen molar-refractivity contribution in [3.05, 3.63) is 12.7 Å². The maximum Gasteiger partial charge on any atom is 0.0971 e. The first-order valence-electron chi connectivity index (χ1n) is 8.41. The predicted octanol–water partition coefficient (Wildman–Crippen LogP) is 1.37. The molecular formula is C17H33NO4. The molecule has 1 fully saturated rings. The first-order valence-corrected chi connectivity index (χ1v) is 8.41. The summed E-state index contributed by atoms with van der Waals surface area (Å²) < 4.78 is 11.1. The first-order chi connectivity index (χ1) is 10.6. The van der Waals surface area contributed by atoms with E-state index in [4.69, 9.17) is 9.47 Å². The molecule has 22 heavy (non-hydrogen) atoms. The maximum atomic E-state index is 9.87. The number of hydrogen-bond acceptors (Lipinski definition) is 4. The Kier molecular flexibility index (Phi) is 13.2.